The van der Waals surface area contributed by atoms with Gasteiger partial charge in [-0.25, -0.2) is 4.99 Å². The van der Waals surface area contributed by atoms with Gasteiger partial charge in [0.25, 0.3) is 0 Å². The number of halogens is 2. The molecular formula is C20H26ClIN4O. The lowest BCUT2D eigenvalue weighted by molar-refractivity contribution is -0.114. The minimum Gasteiger partial charge on any atom is -0.357 e. The smallest absolute Gasteiger partial charge is 0.221 e. The summed E-state index contributed by atoms with van der Waals surface area (Å²) in [7, 11) is 0. The molecule has 27 heavy (non-hydrogen) atoms. The molecule has 0 saturated carbocycles. The Morgan fingerprint density at radius 1 is 1.07 bits per heavy atom. The Hall–Kier alpha value is -1.80. The first-order valence-corrected chi connectivity index (χ1v) is 9.07. The predicted octanol–water partition coefficient (Wildman–Crippen LogP) is 4.21. The van der Waals surface area contributed by atoms with E-state index in [4.69, 9.17) is 11.6 Å². The third-order valence-corrected chi connectivity index (χ3v) is 3.84. The van der Waals surface area contributed by atoms with E-state index in [-0.39, 0.29) is 29.9 Å². The SMILES string of the molecule is CCNC(=NCc1cccc(NC(C)=O)c1)NCCc1cccc(Cl)c1.I. The van der Waals surface area contributed by atoms with Crippen molar-refractivity contribution in [1.82, 2.24) is 10.6 Å². The summed E-state index contributed by atoms with van der Waals surface area (Å²) in [6.45, 7) is 5.61. The fourth-order valence-electron chi connectivity index (χ4n) is 2.48. The Kier molecular flexibility index (Phi) is 10.8. The quantitative estimate of drug-likeness (QED) is 0.303. The van der Waals surface area contributed by atoms with Gasteiger partial charge in [0.1, 0.15) is 0 Å². The summed E-state index contributed by atoms with van der Waals surface area (Å²) >= 11 is 6.02. The molecule has 0 aliphatic carbocycles. The standard InChI is InChI=1S/C20H25ClN4O.HI/c1-3-22-20(23-11-10-16-6-4-8-18(21)12-16)24-14-17-7-5-9-19(13-17)25-15(2)26;/h4-9,12-13H,3,10-11,14H2,1-2H3,(H,25,26)(H2,22,23,24);1H. The maximum atomic E-state index is 11.2. The first-order valence-electron chi connectivity index (χ1n) is 8.70. The number of anilines is 1. The summed E-state index contributed by atoms with van der Waals surface area (Å²) < 4.78 is 0. The van der Waals surface area contributed by atoms with Gasteiger partial charge in [0.05, 0.1) is 6.54 Å². The predicted molar refractivity (Wildman–Crippen MR) is 124 cm³/mol. The van der Waals surface area contributed by atoms with Crippen LogP contribution < -0.4 is 16.0 Å². The number of amides is 1. The number of hydrogen-bond acceptors (Lipinski definition) is 2. The van der Waals surface area contributed by atoms with Crippen LogP contribution in [0.15, 0.2) is 53.5 Å². The van der Waals surface area contributed by atoms with Gasteiger partial charge < -0.3 is 16.0 Å². The van der Waals surface area contributed by atoms with E-state index in [0.29, 0.717) is 6.54 Å². The van der Waals surface area contributed by atoms with Gasteiger partial charge in [-0.15, -0.1) is 24.0 Å². The fourth-order valence-corrected chi connectivity index (χ4v) is 2.69. The van der Waals surface area contributed by atoms with E-state index in [1.807, 2.05) is 49.4 Å². The van der Waals surface area contributed by atoms with Crippen molar-refractivity contribution in [2.75, 3.05) is 18.4 Å². The molecule has 2 rings (SSSR count). The van der Waals surface area contributed by atoms with Crippen molar-refractivity contribution in [2.45, 2.75) is 26.8 Å². The number of hydrogen-bond donors (Lipinski definition) is 3. The Bertz CT molecular complexity index is 767. The van der Waals surface area contributed by atoms with Crippen LogP contribution in [0.25, 0.3) is 0 Å². The molecule has 0 radical (unpaired) electrons. The van der Waals surface area contributed by atoms with Crippen molar-refractivity contribution < 1.29 is 4.79 Å². The van der Waals surface area contributed by atoms with Gasteiger partial charge in [-0.3, -0.25) is 4.79 Å². The molecule has 3 N–H and O–H groups in total. The van der Waals surface area contributed by atoms with Crippen molar-refractivity contribution >= 4 is 53.1 Å². The lowest BCUT2D eigenvalue weighted by Crippen LogP contribution is -2.38. The molecule has 0 aliphatic heterocycles. The second-order valence-electron chi connectivity index (χ2n) is 5.88. The molecule has 0 atom stereocenters. The van der Waals surface area contributed by atoms with Crippen molar-refractivity contribution in [3.8, 4) is 0 Å². The highest BCUT2D eigenvalue weighted by Crippen LogP contribution is 2.12. The second-order valence-corrected chi connectivity index (χ2v) is 6.32. The lowest BCUT2D eigenvalue weighted by atomic mass is 10.1. The van der Waals surface area contributed by atoms with Gasteiger partial charge in [-0.05, 0) is 48.7 Å². The average Bonchev–Trinajstić information content (AvgIpc) is 2.59. The Morgan fingerprint density at radius 3 is 2.52 bits per heavy atom. The van der Waals surface area contributed by atoms with E-state index in [1.54, 1.807) is 0 Å². The number of nitrogens with one attached hydrogen (secondary N) is 3. The highest BCUT2D eigenvalue weighted by Gasteiger charge is 2.01. The maximum Gasteiger partial charge on any atom is 0.221 e. The molecule has 0 saturated heterocycles. The molecule has 7 heteroatoms. The minimum absolute atomic E-state index is 0. The monoisotopic (exact) mass is 500 g/mol. The summed E-state index contributed by atoms with van der Waals surface area (Å²) in [6, 6.07) is 15.6. The highest BCUT2D eigenvalue weighted by molar-refractivity contribution is 14.0. The van der Waals surface area contributed by atoms with Crippen LogP contribution in [0.4, 0.5) is 5.69 Å². The van der Waals surface area contributed by atoms with Crippen LogP contribution in [0.5, 0.6) is 0 Å². The third kappa shape index (κ3) is 9.10. The molecule has 146 valence electrons. The molecule has 2 aromatic carbocycles. The molecule has 1 amide bonds. The van der Waals surface area contributed by atoms with Gasteiger partial charge in [0.2, 0.25) is 5.91 Å². The molecule has 0 unspecified atom stereocenters. The summed E-state index contributed by atoms with van der Waals surface area (Å²) in [4.78, 5) is 15.8. The van der Waals surface area contributed by atoms with Crippen LogP contribution in [0.3, 0.4) is 0 Å². The van der Waals surface area contributed by atoms with Crippen molar-refractivity contribution in [2.24, 2.45) is 4.99 Å². The average molecular weight is 501 g/mol. The zero-order valence-electron chi connectivity index (χ0n) is 15.6. The first-order chi connectivity index (χ1) is 12.6. The first kappa shape index (κ1) is 23.2. The number of carbonyl (C=O) groups excluding carboxylic acids is 1. The van der Waals surface area contributed by atoms with E-state index in [0.717, 1.165) is 41.7 Å². The number of rotatable bonds is 7. The van der Waals surface area contributed by atoms with Gasteiger partial charge >= 0.3 is 0 Å². The highest BCUT2D eigenvalue weighted by atomic mass is 127. The van der Waals surface area contributed by atoms with Crippen LogP contribution in [-0.4, -0.2) is 25.0 Å². The van der Waals surface area contributed by atoms with E-state index < -0.39 is 0 Å². The lowest BCUT2D eigenvalue weighted by Gasteiger charge is -2.12. The van der Waals surface area contributed by atoms with E-state index in [2.05, 4.69) is 27.0 Å². The summed E-state index contributed by atoms with van der Waals surface area (Å²) in [5.41, 5.74) is 3.00. The van der Waals surface area contributed by atoms with E-state index >= 15 is 0 Å². The molecule has 2 aromatic rings. The Labute approximate surface area is 183 Å². The number of carbonyl (C=O) groups is 1. The number of guanidine groups is 1. The minimum atomic E-state index is -0.0818. The molecule has 0 bridgehead atoms. The fraction of sp³-hybridized carbons (Fsp3) is 0.300. The molecule has 0 aliphatic rings. The summed E-state index contributed by atoms with van der Waals surface area (Å²) in [5.74, 6) is 0.682. The second kappa shape index (κ2) is 12.6. The molecule has 5 nitrogen and oxygen atoms in total. The Morgan fingerprint density at radius 2 is 1.81 bits per heavy atom. The molecular weight excluding hydrogens is 475 g/mol. The zero-order valence-corrected chi connectivity index (χ0v) is 18.7. The zero-order chi connectivity index (χ0) is 18.8. The van der Waals surface area contributed by atoms with Crippen LogP contribution in [0, 0.1) is 0 Å². The molecule has 0 heterocycles. The van der Waals surface area contributed by atoms with Crippen LogP contribution >= 0.6 is 35.6 Å². The molecule has 0 fully saturated rings. The van der Waals surface area contributed by atoms with Gasteiger partial charge in [0, 0.05) is 30.7 Å². The number of benzene rings is 2. The maximum absolute atomic E-state index is 11.2. The number of nitrogens with zero attached hydrogens (tertiary/aromatic N) is 1. The van der Waals surface area contributed by atoms with Crippen molar-refractivity contribution in [3.63, 3.8) is 0 Å². The van der Waals surface area contributed by atoms with Gasteiger partial charge in [0.15, 0.2) is 5.96 Å². The van der Waals surface area contributed by atoms with Crippen LogP contribution in [0.2, 0.25) is 5.02 Å². The normalized spacial score (nSPS) is 10.7. The number of aliphatic imine (C=N–C) groups is 1. The topological polar surface area (TPSA) is 65.5 Å². The molecule has 0 spiro atoms. The van der Waals surface area contributed by atoms with Crippen molar-refractivity contribution in [3.05, 3.63) is 64.7 Å². The summed E-state index contributed by atoms with van der Waals surface area (Å²) in [5, 5.41) is 10.1. The van der Waals surface area contributed by atoms with Gasteiger partial charge in [-0.1, -0.05) is 35.9 Å². The van der Waals surface area contributed by atoms with Gasteiger partial charge in [-0.2, -0.15) is 0 Å². The van der Waals surface area contributed by atoms with E-state index in [1.165, 1.54) is 12.5 Å². The van der Waals surface area contributed by atoms with Crippen LogP contribution in [-0.2, 0) is 17.8 Å². The third-order valence-electron chi connectivity index (χ3n) is 3.61. The molecule has 0 aromatic heterocycles. The summed E-state index contributed by atoms with van der Waals surface area (Å²) in [6.07, 6.45) is 0.864. The van der Waals surface area contributed by atoms with Crippen LogP contribution in [0.1, 0.15) is 25.0 Å². The largest absolute Gasteiger partial charge is 0.357 e. The van der Waals surface area contributed by atoms with E-state index in [9.17, 15) is 4.79 Å². The Balaban J connectivity index is 0.00000364. The van der Waals surface area contributed by atoms with Crippen molar-refractivity contribution in [1.29, 1.82) is 0 Å².